The lowest BCUT2D eigenvalue weighted by molar-refractivity contribution is -0.128. The zero-order chi connectivity index (χ0) is 20.4. The van der Waals surface area contributed by atoms with Crippen LogP contribution in [-0.4, -0.2) is 68.4 Å². The van der Waals surface area contributed by atoms with Gasteiger partial charge in [0, 0.05) is 57.2 Å². The number of carbonyl (C=O) groups excluding carboxylic acids is 1. The molecule has 8 heteroatoms. The Bertz CT molecular complexity index is 981. The van der Waals surface area contributed by atoms with Crippen LogP contribution in [0.5, 0.6) is 0 Å². The second-order valence-corrected chi connectivity index (χ2v) is 9.91. The van der Waals surface area contributed by atoms with E-state index in [1.807, 2.05) is 17.0 Å². The van der Waals surface area contributed by atoms with Crippen LogP contribution in [0.1, 0.15) is 19.3 Å². The van der Waals surface area contributed by atoms with Crippen LogP contribution in [0, 0.1) is 11.8 Å². The number of fused-ring (bicyclic) bond motifs is 1. The number of carbonyl (C=O) groups is 1. The number of amides is 1. The number of pyridine rings is 1. The first-order valence-corrected chi connectivity index (χ1v) is 11.5. The third kappa shape index (κ3) is 4.15. The van der Waals surface area contributed by atoms with Crippen molar-refractivity contribution in [1.29, 1.82) is 0 Å². The quantitative estimate of drug-likeness (QED) is 0.719. The van der Waals surface area contributed by atoms with E-state index >= 15 is 0 Å². The van der Waals surface area contributed by atoms with Gasteiger partial charge in [0.05, 0.1) is 12.1 Å². The maximum atomic E-state index is 13.2. The van der Waals surface area contributed by atoms with E-state index in [0.717, 1.165) is 24.8 Å². The molecule has 2 saturated heterocycles. The molecule has 4 rings (SSSR count). The summed E-state index contributed by atoms with van der Waals surface area (Å²) in [6, 6.07) is 8.95. The number of piperidine rings is 1. The van der Waals surface area contributed by atoms with Gasteiger partial charge in [-0.2, -0.15) is 4.31 Å². The predicted molar refractivity (Wildman–Crippen MR) is 110 cm³/mol. The Labute approximate surface area is 171 Å². The van der Waals surface area contributed by atoms with Crippen molar-refractivity contribution < 1.29 is 17.9 Å². The van der Waals surface area contributed by atoms with Crippen LogP contribution in [0.3, 0.4) is 0 Å². The van der Waals surface area contributed by atoms with Gasteiger partial charge in [-0.25, -0.2) is 8.42 Å². The van der Waals surface area contributed by atoms with Crippen molar-refractivity contribution in [2.24, 2.45) is 11.8 Å². The molecule has 2 aliphatic heterocycles. The van der Waals surface area contributed by atoms with E-state index in [1.54, 1.807) is 35.8 Å². The molecule has 156 valence electrons. The summed E-state index contributed by atoms with van der Waals surface area (Å²) in [5.41, 5.74) is 0.518. The first-order chi connectivity index (χ1) is 14.0. The number of aromatic nitrogens is 1. The van der Waals surface area contributed by atoms with Crippen LogP contribution >= 0.6 is 0 Å². The van der Waals surface area contributed by atoms with Crippen molar-refractivity contribution >= 4 is 26.8 Å². The van der Waals surface area contributed by atoms with Crippen molar-refractivity contribution in [3.8, 4) is 0 Å². The first-order valence-electron chi connectivity index (χ1n) is 10.1. The van der Waals surface area contributed by atoms with Crippen LogP contribution in [0.4, 0.5) is 0 Å². The molecule has 0 aliphatic carbocycles. The topological polar surface area (TPSA) is 79.8 Å². The number of rotatable bonds is 6. The van der Waals surface area contributed by atoms with Gasteiger partial charge in [0.25, 0.3) is 0 Å². The molecular formula is C21H27N3O4S. The highest BCUT2D eigenvalue weighted by Crippen LogP contribution is 2.29. The molecule has 2 aliphatic rings. The van der Waals surface area contributed by atoms with Gasteiger partial charge in [-0.15, -0.1) is 0 Å². The lowest BCUT2D eigenvalue weighted by Gasteiger charge is -2.33. The Morgan fingerprint density at radius 3 is 2.66 bits per heavy atom. The lowest BCUT2D eigenvalue weighted by atomic mass is 9.97. The second-order valence-electron chi connectivity index (χ2n) is 8.00. The minimum absolute atomic E-state index is 0.184. The largest absolute Gasteiger partial charge is 0.384 e. The maximum Gasteiger partial charge on any atom is 0.245 e. The van der Waals surface area contributed by atoms with Crippen molar-refractivity contribution in [3.05, 3.63) is 36.5 Å². The molecule has 7 nitrogen and oxygen atoms in total. The van der Waals surface area contributed by atoms with Crippen LogP contribution < -0.4 is 0 Å². The average Bonchev–Trinajstić information content (AvgIpc) is 3.07. The highest BCUT2D eigenvalue weighted by molar-refractivity contribution is 7.89. The van der Waals surface area contributed by atoms with E-state index < -0.39 is 10.0 Å². The lowest BCUT2D eigenvalue weighted by Crippen LogP contribution is -2.42. The van der Waals surface area contributed by atoms with Crippen LogP contribution in [-0.2, 0) is 19.6 Å². The first kappa shape index (κ1) is 20.3. The molecular weight excluding hydrogens is 390 g/mol. The van der Waals surface area contributed by atoms with E-state index in [0.29, 0.717) is 44.1 Å². The number of sulfonamides is 1. The number of benzene rings is 1. The third-order valence-electron chi connectivity index (χ3n) is 5.96. The number of hydrogen-bond donors (Lipinski definition) is 0. The molecule has 3 heterocycles. The summed E-state index contributed by atoms with van der Waals surface area (Å²) in [5.74, 6) is 0.785. The Kier molecular flexibility index (Phi) is 5.85. The molecule has 2 fully saturated rings. The van der Waals surface area contributed by atoms with Crippen LogP contribution in [0.25, 0.3) is 10.9 Å². The van der Waals surface area contributed by atoms with Gasteiger partial charge in [0.1, 0.15) is 4.90 Å². The van der Waals surface area contributed by atoms with E-state index in [9.17, 15) is 13.2 Å². The average molecular weight is 418 g/mol. The molecule has 1 aromatic carbocycles. The van der Waals surface area contributed by atoms with E-state index in [4.69, 9.17) is 4.74 Å². The molecule has 0 bridgehead atoms. The SMILES string of the molecule is COCC1CC(=O)N(CC2CCN(S(=O)(=O)c3cccc4cccnc34)CC2)C1. The summed E-state index contributed by atoms with van der Waals surface area (Å²) in [6.07, 6.45) is 3.69. The molecule has 1 atom stereocenters. The summed E-state index contributed by atoms with van der Waals surface area (Å²) in [7, 11) is -1.93. The minimum Gasteiger partial charge on any atom is -0.384 e. The van der Waals surface area contributed by atoms with Gasteiger partial charge in [-0.3, -0.25) is 9.78 Å². The fourth-order valence-electron chi connectivity index (χ4n) is 4.45. The maximum absolute atomic E-state index is 13.2. The number of likely N-dealkylation sites (tertiary alicyclic amines) is 1. The van der Waals surface area contributed by atoms with Gasteiger partial charge in [-0.05, 0) is 30.9 Å². The number of nitrogens with zero attached hydrogens (tertiary/aromatic N) is 3. The molecule has 29 heavy (non-hydrogen) atoms. The molecule has 0 N–H and O–H groups in total. The van der Waals surface area contributed by atoms with E-state index in [-0.39, 0.29) is 16.7 Å². The highest BCUT2D eigenvalue weighted by atomic mass is 32.2. The van der Waals surface area contributed by atoms with Gasteiger partial charge >= 0.3 is 0 Å². The van der Waals surface area contributed by atoms with Gasteiger partial charge in [-0.1, -0.05) is 18.2 Å². The normalized spacial score (nSPS) is 21.9. The standard InChI is InChI=1S/C21H27N3O4S/c1-28-15-17-12-20(25)23(14-17)13-16-7-10-24(11-8-16)29(26,27)19-6-2-4-18-5-3-9-22-21(18)19/h2-6,9,16-17H,7-8,10-15H2,1H3. The second kappa shape index (κ2) is 8.38. The number of para-hydroxylation sites is 1. The summed E-state index contributed by atoms with van der Waals surface area (Å²) >= 11 is 0. The van der Waals surface area contributed by atoms with Crippen molar-refractivity contribution in [2.75, 3.05) is 39.9 Å². The molecule has 0 spiro atoms. The zero-order valence-corrected chi connectivity index (χ0v) is 17.5. The van der Waals surface area contributed by atoms with E-state index in [1.165, 1.54) is 0 Å². The van der Waals surface area contributed by atoms with Crippen molar-refractivity contribution in [1.82, 2.24) is 14.2 Å². The highest BCUT2D eigenvalue weighted by Gasteiger charge is 2.34. The Morgan fingerprint density at radius 1 is 1.14 bits per heavy atom. The number of ether oxygens (including phenoxy) is 1. The summed E-state index contributed by atoms with van der Waals surface area (Å²) in [5, 5.41) is 0.821. The summed E-state index contributed by atoms with van der Waals surface area (Å²) in [6.45, 7) is 3.01. The molecule has 2 aromatic rings. The Morgan fingerprint density at radius 2 is 1.90 bits per heavy atom. The van der Waals surface area contributed by atoms with Gasteiger partial charge < -0.3 is 9.64 Å². The van der Waals surface area contributed by atoms with Gasteiger partial charge in [0.2, 0.25) is 15.9 Å². The minimum atomic E-state index is -3.59. The fourth-order valence-corrected chi connectivity index (χ4v) is 6.08. The Balaban J connectivity index is 1.41. The number of methoxy groups -OCH3 is 1. The fraction of sp³-hybridized carbons (Fsp3) is 0.524. The van der Waals surface area contributed by atoms with Crippen molar-refractivity contribution in [2.45, 2.75) is 24.2 Å². The third-order valence-corrected chi connectivity index (χ3v) is 7.89. The zero-order valence-electron chi connectivity index (χ0n) is 16.7. The smallest absolute Gasteiger partial charge is 0.245 e. The molecule has 0 radical (unpaired) electrons. The monoisotopic (exact) mass is 417 g/mol. The number of hydrogen-bond acceptors (Lipinski definition) is 5. The summed E-state index contributed by atoms with van der Waals surface area (Å²) in [4.78, 5) is 18.7. The molecule has 1 amide bonds. The predicted octanol–water partition coefficient (Wildman–Crippen LogP) is 2.13. The van der Waals surface area contributed by atoms with Crippen molar-refractivity contribution in [3.63, 3.8) is 0 Å². The van der Waals surface area contributed by atoms with Crippen LogP contribution in [0.2, 0.25) is 0 Å². The summed E-state index contributed by atoms with van der Waals surface area (Å²) < 4.78 is 33.2. The van der Waals surface area contributed by atoms with Gasteiger partial charge in [0.15, 0.2) is 0 Å². The molecule has 0 saturated carbocycles. The molecule has 1 aromatic heterocycles. The Hall–Kier alpha value is -2.03. The van der Waals surface area contributed by atoms with Crippen LogP contribution in [0.15, 0.2) is 41.4 Å². The molecule has 1 unspecified atom stereocenters. The van der Waals surface area contributed by atoms with E-state index in [2.05, 4.69) is 4.98 Å².